The molecule has 0 saturated heterocycles. The van der Waals surface area contributed by atoms with Crippen LogP contribution in [0.25, 0.3) is 22.0 Å². The Hall–Kier alpha value is -2.70. The number of para-hydroxylation sites is 1. The molecule has 0 aliphatic rings. The van der Waals surface area contributed by atoms with Crippen molar-refractivity contribution in [3.05, 3.63) is 95.1 Å². The van der Waals surface area contributed by atoms with Crippen LogP contribution in [-0.2, 0) is 0 Å². The van der Waals surface area contributed by atoms with Gasteiger partial charge in [0, 0.05) is 27.7 Å². The molecule has 30 heavy (non-hydrogen) atoms. The van der Waals surface area contributed by atoms with Gasteiger partial charge in [0.2, 0.25) is 0 Å². The maximum Gasteiger partial charge on any atom is 1.00 e. The van der Waals surface area contributed by atoms with Gasteiger partial charge < -0.3 is 11.8 Å². The van der Waals surface area contributed by atoms with Gasteiger partial charge in [0.05, 0.1) is 16.8 Å². The van der Waals surface area contributed by atoms with Crippen LogP contribution in [0.1, 0.15) is 22.1 Å². The number of carbonyl (C=O) groups excluding carboxylic acids is 1. The number of carbonyl (C=O) groups is 2. The molecule has 1 aromatic heterocycles. The van der Waals surface area contributed by atoms with Crippen LogP contribution < -0.4 is 34.9 Å². The summed E-state index contributed by atoms with van der Waals surface area (Å²) in [6, 6.07) is 21.2. The Morgan fingerprint density at radius 1 is 0.967 bits per heavy atom. The molecule has 0 saturated carbocycles. The molecule has 1 heterocycles. The number of nitrogens with one attached hydrogen (secondary N) is 1. The molecule has 1 amide bonds. The number of fused-ring (bicyclic) bond motifs is 1. The standard InChI is InChI=1S/C23H15ClN2O3.Na.H/c24-17-9-10-20(19(13-17)23(28)29)26-22(27)16-6-1-5-15(12-16)18-8-2-4-14-7-3-11-25-21(14)18;;/h1-13H,(H,26,27)(H,28,29);;/q;+1;-1. The third kappa shape index (κ3) is 4.55. The van der Waals surface area contributed by atoms with Crippen LogP contribution in [0.5, 0.6) is 0 Å². The van der Waals surface area contributed by atoms with Crippen molar-refractivity contribution >= 4 is 40.1 Å². The van der Waals surface area contributed by atoms with Crippen molar-refractivity contribution in [2.75, 3.05) is 5.32 Å². The van der Waals surface area contributed by atoms with Crippen molar-refractivity contribution in [1.82, 2.24) is 4.98 Å². The van der Waals surface area contributed by atoms with Crippen molar-refractivity contribution in [1.29, 1.82) is 0 Å². The molecular formula is C23H16ClN2NaO3. The zero-order valence-corrected chi connectivity index (χ0v) is 18.9. The second-order valence-corrected chi connectivity index (χ2v) is 6.85. The molecule has 0 bridgehead atoms. The SMILES string of the molecule is O=C(Nc1ccc(Cl)cc1C(=O)O)c1cccc(-c2cccc3cccnc23)c1.[H-].[Na+]. The first-order valence-corrected chi connectivity index (χ1v) is 9.19. The Kier molecular flexibility index (Phi) is 6.90. The van der Waals surface area contributed by atoms with Crippen LogP contribution in [0.15, 0.2) is 79.0 Å². The number of carboxylic acid groups (broad SMARTS) is 1. The molecule has 0 fully saturated rings. The number of hydrogen-bond donors (Lipinski definition) is 2. The summed E-state index contributed by atoms with van der Waals surface area (Å²) in [5, 5.41) is 13.3. The van der Waals surface area contributed by atoms with Gasteiger partial charge in [-0.1, -0.05) is 48.0 Å². The number of hydrogen-bond acceptors (Lipinski definition) is 3. The quantitative estimate of drug-likeness (QED) is 0.492. The molecule has 4 aromatic rings. The van der Waals surface area contributed by atoms with E-state index in [-0.39, 0.29) is 47.3 Å². The molecule has 4 rings (SSSR count). The summed E-state index contributed by atoms with van der Waals surface area (Å²) in [6.45, 7) is 0. The minimum Gasteiger partial charge on any atom is -1.00 e. The van der Waals surface area contributed by atoms with Crippen LogP contribution in [0.2, 0.25) is 5.02 Å². The number of carboxylic acids is 1. The molecule has 0 atom stereocenters. The number of benzene rings is 3. The predicted octanol–water partition coefficient (Wildman–Crippen LogP) is 2.62. The molecular weight excluding hydrogens is 411 g/mol. The molecule has 0 radical (unpaired) electrons. The summed E-state index contributed by atoms with van der Waals surface area (Å²) in [5.41, 5.74) is 3.12. The molecule has 0 aliphatic carbocycles. The van der Waals surface area contributed by atoms with Crippen molar-refractivity contribution in [3.63, 3.8) is 0 Å². The van der Waals surface area contributed by atoms with E-state index in [2.05, 4.69) is 10.3 Å². The smallest absolute Gasteiger partial charge is 1.00 e. The van der Waals surface area contributed by atoms with Crippen LogP contribution in [0.3, 0.4) is 0 Å². The topological polar surface area (TPSA) is 79.3 Å². The zero-order valence-electron chi connectivity index (χ0n) is 17.1. The number of halogens is 1. The largest absolute Gasteiger partial charge is 1.00 e. The van der Waals surface area contributed by atoms with Gasteiger partial charge in [-0.25, -0.2) is 4.79 Å². The molecule has 144 valence electrons. The summed E-state index contributed by atoms with van der Waals surface area (Å²) >= 11 is 5.87. The average Bonchev–Trinajstić information content (AvgIpc) is 2.74. The second kappa shape index (κ2) is 9.41. The fourth-order valence-electron chi connectivity index (χ4n) is 3.16. The third-order valence-electron chi connectivity index (χ3n) is 4.53. The fourth-order valence-corrected chi connectivity index (χ4v) is 3.33. The van der Waals surface area contributed by atoms with Gasteiger partial charge in [-0.3, -0.25) is 9.78 Å². The van der Waals surface area contributed by atoms with Gasteiger partial charge in [0.15, 0.2) is 0 Å². The van der Waals surface area contributed by atoms with E-state index in [0.717, 1.165) is 22.0 Å². The van der Waals surface area contributed by atoms with E-state index in [9.17, 15) is 14.7 Å². The summed E-state index contributed by atoms with van der Waals surface area (Å²) in [6.07, 6.45) is 1.73. The number of nitrogens with zero attached hydrogens (tertiary/aromatic N) is 1. The molecule has 0 spiro atoms. The average molecular weight is 427 g/mol. The number of rotatable bonds is 4. The van der Waals surface area contributed by atoms with Gasteiger partial charge in [0.25, 0.3) is 5.91 Å². The number of anilines is 1. The third-order valence-corrected chi connectivity index (χ3v) is 4.76. The first-order chi connectivity index (χ1) is 14.0. The fraction of sp³-hybridized carbons (Fsp3) is 0. The summed E-state index contributed by atoms with van der Waals surface area (Å²) in [4.78, 5) is 28.7. The van der Waals surface area contributed by atoms with Crippen molar-refractivity contribution < 1.29 is 45.7 Å². The molecule has 3 aromatic carbocycles. The van der Waals surface area contributed by atoms with Gasteiger partial charge in [-0.05, 0) is 42.0 Å². The molecule has 0 unspecified atom stereocenters. The minimum absolute atomic E-state index is 0. The number of aromatic carboxylic acids is 1. The van der Waals surface area contributed by atoms with E-state index >= 15 is 0 Å². The Morgan fingerprint density at radius 2 is 1.73 bits per heavy atom. The Balaban J connectivity index is 0.00000171. The van der Waals surface area contributed by atoms with Gasteiger partial charge >= 0.3 is 35.5 Å². The van der Waals surface area contributed by atoms with E-state index in [4.69, 9.17) is 11.6 Å². The van der Waals surface area contributed by atoms with Gasteiger partial charge in [-0.2, -0.15) is 0 Å². The van der Waals surface area contributed by atoms with Crippen molar-refractivity contribution in [3.8, 4) is 11.1 Å². The Labute approximate surface area is 201 Å². The molecule has 7 heteroatoms. The second-order valence-electron chi connectivity index (χ2n) is 6.41. The zero-order chi connectivity index (χ0) is 20.4. The normalized spacial score (nSPS) is 10.3. The van der Waals surface area contributed by atoms with Crippen LogP contribution >= 0.6 is 11.6 Å². The van der Waals surface area contributed by atoms with Crippen molar-refractivity contribution in [2.24, 2.45) is 0 Å². The van der Waals surface area contributed by atoms with Crippen molar-refractivity contribution in [2.45, 2.75) is 0 Å². The number of aromatic nitrogens is 1. The molecule has 0 aliphatic heterocycles. The van der Waals surface area contributed by atoms with E-state index in [0.29, 0.717) is 5.56 Å². The predicted molar refractivity (Wildman–Crippen MR) is 115 cm³/mol. The first kappa shape index (κ1) is 22.0. The number of pyridine rings is 1. The van der Waals surface area contributed by atoms with E-state index < -0.39 is 11.9 Å². The minimum atomic E-state index is -1.17. The summed E-state index contributed by atoms with van der Waals surface area (Å²) in [5.74, 6) is -1.58. The summed E-state index contributed by atoms with van der Waals surface area (Å²) < 4.78 is 0. The Morgan fingerprint density at radius 3 is 2.53 bits per heavy atom. The maximum atomic E-state index is 12.8. The van der Waals surface area contributed by atoms with Crippen LogP contribution in [0, 0.1) is 0 Å². The van der Waals surface area contributed by atoms with Crippen LogP contribution in [0.4, 0.5) is 5.69 Å². The molecule has 5 nitrogen and oxygen atoms in total. The summed E-state index contributed by atoms with van der Waals surface area (Å²) in [7, 11) is 0. The van der Waals surface area contributed by atoms with E-state index in [1.165, 1.54) is 18.2 Å². The molecule has 2 N–H and O–H groups in total. The van der Waals surface area contributed by atoms with E-state index in [1.807, 2.05) is 36.4 Å². The van der Waals surface area contributed by atoms with E-state index in [1.54, 1.807) is 24.4 Å². The van der Waals surface area contributed by atoms with Crippen LogP contribution in [-0.4, -0.2) is 22.0 Å². The maximum absolute atomic E-state index is 12.8. The first-order valence-electron chi connectivity index (χ1n) is 8.81. The van der Waals surface area contributed by atoms with Gasteiger partial charge in [-0.15, -0.1) is 0 Å². The monoisotopic (exact) mass is 426 g/mol. The van der Waals surface area contributed by atoms with Gasteiger partial charge in [0.1, 0.15) is 0 Å². The Bertz CT molecular complexity index is 1260. The number of amides is 1.